The summed E-state index contributed by atoms with van der Waals surface area (Å²) < 4.78 is 1.83. The van der Waals surface area contributed by atoms with Gasteiger partial charge in [-0.2, -0.15) is 5.10 Å². The van der Waals surface area contributed by atoms with Crippen molar-refractivity contribution in [2.24, 2.45) is 5.92 Å². The highest BCUT2D eigenvalue weighted by atomic mass is 16.1. The smallest absolute Gasteiger partial charge is 0.222 e. The van der Waals surface area contributed by atoms with E-state index in [0.29, 0.717) is 11.7 Å². The van der Waals surface area contributed by atoms with Gasteiger partial charge in [0.2, 0.25) is 5.91 Å². The Balaban J connectivity index is 2.58. The molecule has 0 unspecified atom stereocenters. The second kappa shape index (κ2) is 4.07. The van der Waals surface area contributed by atoms with Crippen molar-refractivity contribution >= 4 is 11.7 Å². The first-order chi connectivity index (χ1) is 6.08. The molecule has 0 atom stereocenters. The fourth-order valence-electron chi connectivity index (χ4n) is 1.08. The lowest BCUT2D eigenvalue weighted by atomic mass is 10.2. The summed E-state index contributed by atoms with van der Waals surface area (Å²) in [6.07, 6.45) is 1.87. The number of nitrogens with zero attached hydrogens (tertiary/aromatic N) is 2. The van der Waals surface area contributed by atoms with Gasteiger partial charge < -0.3 is 5.32 Å². The Labute approximate surface area is 77.9 Å². The molecule has 4 heteroatoms. The maximum absolute atomic E-state index is 10.7. The van der Waals surface area contributed by atoms with E-state index in [1.54, 1.807) is 6.07 Å². The van der Waals surface area contributed by atoms with Gasteiger partial charge in [0.1, 0.15) is 0 Å². The third-order valence-electron chi connectivity index (χ3n) is 1.50. The number of aromatic nitrogens is 2. The van der Waals surface area contributed by atoms with Crippen LogP contribution in [-0.4, -0.2) is 15.7 Å². The summed E-state index contributed by atoms with van der Waals surface area (Å²) in [6, 6.07) is 1.80. The maximum atomic E-state index is 10.7. The van der Waals surface area contributed by atoms with Crippen molar-refractivity contribution in [3.8, 4) is 0 Å². The van der Waals surface area contributed by atoms with Gasteiger partial charge in [0.15, 0.2) is 5.82 Å². The Hall–Kier alpha value is -1.32. The van der Waals surface area contributed by atoms with Crippen LogP contribution in [-0.2, 0) is 11.3 Å². The summed E-state index contributed by atoms with van der Waals surface area (Å²) in [5, 5.41) is 6.80. The normalized spacial score (nSPS) is 10.5. The van der Waals surface area contributed by atoms with Crippen LogP contribution in [0.5, 0.6) is 0 Å². The third kappa shape index (κ3) is 3.27. The number of hydrogen-bond acceptors (Lipinski definition) is 2. The number of rotatable bonds is 3. The third-order valence-corrected chi connectivity index (χ3v) is 1.50. The Morgan fingerprint density at radius 1 is 1.69 bits per heavy atom. The van der Waals surface area contributed by atoms with E-state index in [-0.39, 0.29) is 5.91 Å². The molecule has 0 aliphatic rings. The number of hydrogen-bond donors (Lipinski definition) is 1. The summed E-state index contributed by atoms with van der Waals surface area (Å²) >= 11 is 0. The summed E-state index contributed by atoms with van der Waals surface area (Å²) in [7, 11) is 0. The van der Waals surface area contributed by atoms with Crippen LogP contribution < -0.4 is 5.32 Å². The molecule has 4 nitrogen and oxygen atoms in total. The molecule has 0 fully saturated rings. The van der Waals surface area contributed by atoms with Gasteiger partial charge in [-0.05, 0) is 5.92 Å². The van der Waals surface area contributed by atoms with Crippen LogP contribution in [0.25, 0.3) is 0 Å². The molecule has 1 amide bonds. The molecule has 1 aromatic rings. The van der Waals surface area contributed by atoms with Crippen LogP contribution in [0.3, 0.4) is 0 Å². The molecule has 72 valence electrons. The van der Waals surface area contributed by atoms with Crippen LogP contribution in [0.4, 0.5) is 5.82 Å². The van der Waals surface area contributed by atoms with Gasteiger partial charge in [0.25, 0.3) is 0 Å². The molecule has 1 aromatic heterocycles. The minimum Gasteiger partial charge on any atom is -0.309 e. The molecule has 0 radical (unpaired) electrons. The lowest BCUT2D eigenvalue weighted by molar-refractivity contribution is -0.114. The Bertz CT molecular complexity index is 291. The van der Waals surface area contributed by atoms with Gasteiger partial charge in [0.05, 0.1) is 0 Å². The van der Waals surface area contributed by atoms with E-state index in [0.717, 1.165) is 6.54 Å². The number of nitrogens with one attached hydrogen (secondary N) is 1. The van der Waals surface area contributed by atoms with Crippen molar-refractivity contribution in [3.05, 3.63) is 12.3 Å². The second-order valence-corrected chi connectivity index (χ2v) is 3.50. The van der Waals surface area contributed by atoms with Crippen LogP contribution in [0.1, 0.15) is 20.8 Å². The van der Waals surface area contributed by atoms with Gasteiger partial charge >= 0.3 is 0 Å². The predicted octanol–water partition coefficient (Wildman–Crippen LogP) is 1.50. The molecule has 1 heterocycles. The maximum Gasteiger partial charge on any atom is 0.222 e. The molecule has 0 aliphatic heterocycles. The highest BCUT2D eigenvalue weighted by molar-refractivity contribution is 5.87. The minimum absolute atomic E-state index is 0.0882. The lowest BCUT2D eigenvalue weighted by Gasteiger charge is -2.03. The first kappa shape index (κ1) is 9.77. The zero-order valence-electron chi connectivity index (χ0n) is 8.24. The first-order valence-electron chi connectivity index (χ1n) is 4.39. The molecule has 0 aromatic carbocycles. The zero-order chi connectivity index (χ0) is 9.84. The number of carbonyl (C=O) groups is 1. The lowest BCUT2D eigenvalue weighted by Crippen LogP contribution is -2.09. The number of amides is 1. The van der Waals surface area contributed by atoms with Crippen molar-refractivity contribution in [2.75, 3.05) is 5.32 Å². The molecular formula is C9H15N3O. The summed E-state index contributed by atoms with van der Waals surface area (Å²) in [5.74, 6) is 1.09. The Morgan fingerprint density at radius 2 is 2.38 bits per heavy atom. The summed E-state index contributed by atoms with van der Waals surface area (Å²) in [5.41, 5.74) is 0. The van der Waals surface area contributed by atoms with Crippen molar-refractivity contribution in [3.63, 3.8) is 0 Å². The van der Waals surface area contributed by atoms with Crippen LogP contribution >= 0.6 is 0 Å². The van der Waals surface area contributed by atoms with E-state index < -0.39 is 0 Å². The van der Waals surface area contributed by atoms with Gasteiger partial charge in [-0.15, -0.1) is 0 Å². The topological polar surface area (TPSA) is 46.9 Å². The first-order valence-corrected chi connectivity index (χ1v) is 4.39. The molecule has 1 N–H and O–H groups in total. The van der Waals surface area contributed by atoms with Crippen molar-refractivity contribution in [2.45, 2.75) is 27.3 Å². The standard InChI is InChI=1S/C9H15N3O/c1-7(2)6-12-5-4-9(11-12)10-8(3)13/h4-5,7H,6H2,1-3H3,(H,10,11,13). The zero-order valence-corrected chi connectivity index (χ0v) is 8.24. The fraction of sp³-hybridized carbons (Fsp3) is 0.556. The van der Waals surface area contributed by atoms with E-state index in [9.17, 15) is 4.79 Å². The molecule has 0 saturated carbocycles. The highest BCUT2D eigenvalue weighted by Crippen LogP contribution is 2.04. The summed E-state index contributed by atoms with van der Waals surface area (Å²) in [4.78, 5) is 10.7. The van der Waals surface area contributed by atoms with Crippen molar-refractivity contribution < 1.29 is 4.79 Å². The number of carbonyl (C=O) groups excluding carboxylic acids is 1. The second-order valence-electron chi connectivity index (χ2n) is 3.50. The Kier molecular flexibility index (Phi) is 3.06. The van der Waals surface area contributed by atoms with E-state index in [1.807, 2.05) is 10.9 Å². The van der Waals surface area contributed by atoms with Gasteiger partial charge in [-0.25, -0.2) is 0 Å². The average molecular weight is 181 g/mol. The van der Waals surface area contributed by atoms with Crippen LogP contribution in [0, 0.1) is 5.92 Å². The predicted molar refractivity (Wildman–Crippen MR) is 51.4 cm³/mol. The molecule has 0 bridgehead atoms. The van der Waals surface area contributed by atoms with Gasteiger partial charge in [-0.3, -0.25) is 9.48 Å². The molecule has 1 rings (SSSR count). The monoisotopic (exact) mass is 181 g/mol. The molecule has 0 spiro atoms. The van der Waals surface area contributed by atoms with E-state index in [1.165, 1.54) is 6.92 Å². The highest BCUT2D eigenvalue weighted by Gasteiger charge is 2.01. The van der Waals surface area contributed by atoms with E-state index in [2.05, 4.69) is 24.3 Å². The average Bonchev–Trinajstić information content (AvgIpc) is 2.33. The van der Waals surface area contributed by atoms with E-state index >= 15 is 0 Å². The largest absolute Gasteiger partial charge is 0.309 e. The van der Waals surface area contributed by atoms with Crippen LogP contribution in [0.15, 0.2) is 12.3 Å². The quantitative estimate of drug-likeness (QED) is 0.768. The summed E-state index contributed by atoms with van der Waals surface area (Å²) in [6.45, 7) is 6.60. The van der Waals surface area contributed by atoms with Gasteiger partial charge in [0, 0.05) is 25.7 Å². The van der Waals surface area contributed by atoms with Gasteiger partial charge in [-0.1, -0.05) is 13.8 Å². The molecule has 13 heavy (non-hydrogen) atoms. The van der Waals surface area contributed by atoms with Crippen molar-refractivity contribution in [1.29, 1.82) is 0 Å². The fourth-order valence-corrected chi connectivity index (χ4v) is 1.08. The minimum atomic E-state index is -0.0882. The van der Waals surface area contributed by atoms with Crippen molar-refractivity contribution in [1.82, 2.24) is 9.78 Å². The molecular weight excluding hydrogens is 166 g/mol. The molecule has 0 aliphatic carbocycles. The number of anilines is 1. The van der Waals surface area contributed by atoms with E-state index in [4.69, 9.17) is 0 Å². The SMILES string of the molecule is CC(=O)Nc1ccn(CC(C)C)n1. The van der Waals surface area contributed by atoms with Crippen LogP contribution in [0.2, 0.25) is 0 Å². The Morgan fingerprint density at radius 3 is 2.92 bits per heavy atom. The molecule has 0 saturated heterocycles.